The van der Waals surface area contributed by atoms with E-state index in [1.807, 2.05) is 47.2 Å². The van der Waals surface area contributed by atoms with Crippen LogP contribution in [0.1, 0.15) is 37.5 Å². The van der Waals surface area contributed by atoms with E-state index < -0.39 is 0 Å². The summed E-state index contributed by atoms with van der Waals surface area (Å²) in [7, 11) is 0. The average Bonchev–Trinajstić information content (AvgIpc) is 3.82. The summed E-state index contributed by atoms with van der Waals surface area (Å²) in [4.78, 5) is 4.86. The third kappa shape index (κ3) is 4.77. The van der Waals surface area contributed by atoms with E-state index in [0.29, 0.717) is 22.9 Å². The van der Waals surface area contributed by atoms with Crippen LogP contribution < -0.4 is 4.74 Å². The fourth-order valence-corrected chi connectivity index (χ4v) is 7.20. The lowest BCUT2D eigenvalue weighted by Crippen LogP contribution is -2.12. The Hall–Kier alpha value is -6.21. The van der Waals surface area contributed by atoms with Crippen molar-refractivity contribution >= 4 is 43.7 Å². The number of para-hydroxylation sites is 3. The van der Waals surface area contributed by atoms with Crippen LogP contribution in [0.15, 0.2) is 126 Å². The molecule has 0 amide bonds. The number of pyridine rings is 1. The lowest BCUT2D eigenvalue weighted by molar-refractivity contribution is 0.489. The van der Waals surface area contributed by atoms with Crippen LogP contribution in [0.2, 0.25) is 0 Å². The van der Waals surface area contributed by atoms with Crippen molar-refractivity contribution in [1.82, 2.24) is 24.3 Å². The van der Waals surface area contributed by atoms with Crippen molar-refractivity contribution in [2.24, 2.45) is 0 Å². The highest BCUT2D eigenvalue weighted by Crippen LogP contribution is 2.42. The van der Waals surface area contributed by atoms with Crippen LogP contribution in [0.4, 0.5) is 0 Å². The number of hydrogen-bond acceptors (Lipinski definition) is 5. The Morgan fingerprint density at radius 2 is 1.46 bits per heavy atom. The van der Waals surface area contributed by atoms with Gasteiger partial charge in [0.2, 0.25) is 0 Å². The van der Waals surface area contributed by atoms with Crippen LogP contribution in [0.3, 0.4) is 0 Å². The molecule has 4 heterocycles. The third-order valence-corrected chi connectivity index (χ3v) is 9.64. The molecule has 0 bridgehead atoms. The summed E-state index contributed by atoms with van der Waals surface area (Å²) in [6.07, 6.45) is 3.67. The number of aromatic nitrogens is 5. The molecule has 5 aromatic carbocycles. The first kappa shape index (κ1) is 29.9. The van der Waals surface area contributed by atoms with Gasteiger partial charge in [-0.15, -0.1) is 10.2 Å². The minimum atomic E-state index is -0.0172. The van der Waals surface area contributed by atoms with E-state index in [4.69, 9.17) is 14.1 Å². The van der Waals surface area contributed by atoms with Gasteiger partial charge in [-0.3, -0.25) is 9.13 Å². The molecule has 0 unspecified atom stereocenters. The summed E-state index contributed by atoms with van der Waals surface area (Å²) in [5.74, 6) is 2.95. The van der Waals surface area contributed by atoms with Crippen LogP contribution in [-0.4, -0.2) is 24.3 Å². The minimum Gasteiger partial charge on any atom is -0.456 e. The molecule has 244 valence electrons. The van der Waals surface area contributed by atoms with Crippen molar-refractivity contribution in [2.75, 3.05) is 0 Å². The fourth-order valence-electron chi connectivity index (χ4n) is 7.20. The first-order valence-corrected chi connectivity index (χ1v) is 16.8. The van der Waals surface area contributed by atoms with E-state index in [9.17, 15) is 0 Å². The van der Waals surface area contributed by atoms with E-state index in [2.05, 4.69) is 122 Å². The molecule has 0 fully saturated rings. The summed E-state index contributed by atoms with van der Waals surface area (Å²) in [6, 6.07) is 37.5. The Morgan fingerprint density at radius 1 is 0.700 bits per heavy atom. The summed E-state index contributed by atoms with van der Waals surface area (Å²) in [6.45, 7) is 10.9. The molecule has 0 saturated heterocycles. The minimum absolute atomic E-state index is 0.0172. The monoisotopic (exact) mass is 653 g/mol. The van der Waals surface area contributed by atoms with Crippen LogP contribution in [0, 0.1) is 13.8 Å². The number of nitrogens with zero attached hydrogens (tertiary/aromatic N) is 5. The van der Waals surface area contributed by atoms with E-state index in [-0.39, 0.29) is 5.41 Å². The molecule has 4 aromatic heterocycles. The summed E-state index contributed by atoms with van der Waals surface area (Å²) >= 11 is 0. The van der Waals surface area contributed by atoms with Gasteiger partial charge >= 0.3 is 0 Å². The van der Waals surface area contributed by atoms with Gasteiger partial charge in [-0.05, 0) is 84.5 Å². The zero-order valence-corrected chi connectivity index (χ0v) is 28.6. The van der Waals surface area contributed by atoms with Crippen LogP contribution in [0.5, 0.6) is 11.5 Å². The van der Waals surface area contributed by atoms with Crippen molar-refractivity contribution < 1.29 is 9.15 Å². The van der Waals surface area contributed by atoms with Gasteiger partial charge in [0, 0.05) is 34.0 Å². The molecule has 0 aliphatic rings. The summed E-state index contributed by atoms with van der Waals surface area (Å²) < 4.78 is 17.6. The lowest BCUT2D eigenvalue weighted by Gasteiger charge is -2.20. The predicted octanol–water partition coefficient (Wildman–Crippen LogP) is 11.0. The number of fused-ring (bicyclic) bond motifs is 6. The quantitative estimate of drug-likeness (QED) is 0.185. The summed E-state index contributed by atoms with van der Waals surface area (Å²) in [5, 5.41) is 13.1. The molecule has 7 heteroatoms. The topological polar surface area (TPSA) is 70.9 Å². The number of hydrogen-bond donors (Lipinski definition) is 0. The van der Waals surface area contributed by atoms with Gasteiger partial charge in [0.25, 0.3) is 0 Å². The molecule has 7 nitrogen and oxygen atoms in total. The molecule has 9 rings (SSSR count). The van der Waals surface area contributed by atoms with Gasteiger partial charge in [-0.1, -0.05) is 75.4 Å². The highest BCUT2D eigenvalue weighted by Gasteiger charge is 2.21. The maximum Gasteiger partial charge on any atom is 0.168 e. The molecule has 9 aromatic rings. The first-order valence-electron chi connectivity index (χ1n) is 16.8. The first-order chi connectivity index (χ1) is 24.2. The maximum absolute atomic E-state index is 6.91. The SMILES string of the molecule is Cc1cccc(C)c1-n1cnnc1-c1cc(Oc2ccc3c4ccccc4n(-c4cc(C(C)(C)C)ccn4)c3c2)c2c(c1)oc1ccccc12. The standard InChI is InChI=1S/C43H35N5O2/c1-26-11-10-12-27(2)41(26)47-25-45-46-42(47)28-21-37(40-33-14-7-9-16-36(33)50-38(40)22-28)49-30-17-18-32-31-13-6-8-15-34(31)48(35(32)24-30)39-23-29(19-20-44-39)43(3,4)5/h6-25H,1-5H3. The molecule has 0 spiro atoms. The highest BCUT2D eigenvalue weighted by molar-refractivity contribution is 6.11. The van der Waals surface area contributed by atoms with Crippen molar-refractivity contribution in [3.63, 3.8) is 0 Å². The second-order valence-corrected chi connectivity index (χ2v) is 14.0. The van der Waals surface area contributed by atoms with Gasteiger partial charge in [0.15, 0.2) is 5.82 Å². The van der Waals surface area contributed by atoms with Crippen molar-refractivity contribution in [2.45, 2.75) is 40.0 Å². The van der Waals surface area contributed by atoms with Gasteiger partial charge in [0.05, 0.1) is 22.1 Å². The Labute approximate surface area is 289 Å². The molecule has 0 radical (unpaired) electrons. The number of benzene rings is 5. The Bertz CT molecular complexity index is 2740. The molecule has 0 N–H and O–H groups in total. The Balaban J connectivity index is 1.24. The largest absolute Gasteiger partial charge is 0.456 e. The van der Waals surface area contributed by atoms with E-state index >= 15 is 0 Å². The second kappa shape index (κ2) is 11.2. The lowest BCUT2D eigenvalue weighted by atomic mass is 9.88. The average molecular weight is 654 g/mol. The maximum atomic E-state index is 6.91. The van der Waals surface area contributed by atoms with Gasteiger partial charge in [-0.2, -0.15) is 0 Å². The second-order valence-electron chi connectivity index (χ2n) is 14.0. The van der Waals surface area contributed by atoms with E-state index in [1.165, 1.54) is 5.56 Å². The molecule has 0 atom stereocenters. The third-order valence-electron chi connectivity index (χ3n) is 9.64. The van der Waals surface area contributed by atoms with Gasteiger partial charge in [0.1, 0.15) is 34.8 Å². The Morgan fingerprint density at radius 3 is 2.28 bits per heavy atom. The number of rotatable bonds is 5. The zero-order chi connectivity index (χ0) is 34.1. The smallest absolute Gasteiger partial charge is 0.168 e. The molecular weight excluding hydrogens is 619 g/mol. The molecule has 0 saturated carbocycles. The number of aryl methyl sites for hydroxylation is 2. The zero-order valence-electron chi connectivity index (χ0n) is 28.6. The molecule has 0 aliphatic heterocycles. The fraction of sp³-hybridized carbons (Fsp3) is 0.140. The number of furan rings is 1. The van der Waals surface area contributed by atoms with Crippen molar-refractivity contribution in [3.8, 4) is 34.4 Å². The summed E-state index contributed by atoms with van der Waals surface area (Å²) in [5.41, 5.74) is 8.99. The van der Waals surface area contributed by atoms with Crippen molar-refractivity contribution in [1.29, 1.82) is 0 Å². The number of ether oxygens (including phenoxy) is 1. The van der Waals surface area contributed by atoms with Gasteiger partial charge in [-0.25, -0.2) is 4.98 Å². The molecule has 50 heavy (non-hydrogen) atoms. The molecular formula is C43H35N5O2. The van der Waals surface area contributed by atoms with Crippen molar-refractivity contribution in [3.05, 3.63) is 138 Å². The normalized spacial score (nSPS) is 12.1. The highest BCUT2D eigenvalue weighted by atomic mass is 16.5. The van der Waals surface area contributed by atoms with Crippen LogP contribution in [0.25, 0.3) is 66.6 Å². The Kier molecular flexibility index (Phi) is 6.68. The van der Waals surface area contributed by atoms with E-state index in [1.54, 1.807) is 6.33 Å². The van der Waals surface area contributed by atoms with Gasteiger partial charge < -0.3 is 9.15 Å². The molecule has 0 aliphatic carbocycles. The van der Waals surface area contributed by atoms with Crippen LogP contribution >= 0.6 is 0 Å². The van der Waals surface area contributed by atoms with E-state index in [0.717, 1.165) is 66.4 Å². The van der Waals surface area contributed by atoms with Crippen LogP contribution in [-0.2, 0) is 5.41 Å². The predicted molar refractivity (Wildman–Crippen MR) is 201 cm³/mol.